The van der Waals surface area contributed by atoms with Gasteiger partial charge in [-0.05, 0) is 49.1 Å². The molecule has 0 aromatic heterocycles. The monoisotopic (exact) mass is 396 g/mol. The topological polar surface area (TPSA) is 122 Å². The SMILES string of the molecule is N[C@@H]1C[C@H]2C[C@@H]1[C@@H](NCc1cccc3c1C(=O)N(C1CCC(=O)NC1=O)C3=O)C2. The number of nitrogens with one attached hydrogen (secondary N) is 2. The maximum absolute atomic E-state index is 13.1. The van der Waals surface area contributed by atoms with Crippen LogP contribution in [0.5, 0.6) is 0 Å². The zero-order valence-electron chi connectivity index (χ0n) is 16.0. The largest absolute Gasteiger partial charge is 0.327 e. The molecule has 29 heavy (non-hydrogen) atoms. The van der Waals surface area contributed by atoms with Crippen LogP contribution in [0.15, 0.2) is 18.2 Å². The second kappa shape index (κ2) is 6.74. The van der Waals surface area contributed by atoms with Gasteiger partial charge in [-0.3, -0.25) is 29.4 Å². The molecule has 4 amide bonds. The molecule has 5 atom stereocenters. The van der Waals surface area contributed by atoms with Crippen LogP contribution in [0, 0.1) is 11.8 Å². The van der Waals surface area contributed by atoms with Crippen LogP contribution in [-0.4, -0.2) is 46.7 Å². The number of rotatable bonds is 4. The first-order valence-electron chi connectivity index (χ1n) is 10.3. The second-order valence-electron chi connectivity index (χ2n) is 8.68. The number of benzene rings is 1. The summed E-state index contributed by atoms with van der Waals surface area (Å²) < 4.78 is 0. The molecule has 2 saturated carbocycles. The first-order chi connectivity index (χ1) is 13.9. The molecule has 0 spiro atoms. The van der Waals surface area contributed by atoms with Crippen LogP contribution < -0.4 is 16.4 Å². The van der Waals surface area contributed by atoms with Crippen LogP contribution in [0.25, 0.3) is 0 Å². The Balaban J connectivity index is 1.36. The maximum Gasteiger partial charge on any atom is 0.262 e. The van der Waals surface area contributed by atoms with Crippen LogP contribution in [0.2, 0.25) is 0 Å². The zero-order valence-corrected chi connectivity index (χ0v) is 16.0. The van der Waals surface area contributed by atoms with Crippen molar-refractivity contribution in [2.24, 2.45) is 17.6 Å². The summed E-state index contributed by atoms with van der Waals surface area (Å²) in [6.07, 6.45) is 3.63. The smallest absolute Gasteiger partial charge is 0.262 e. The number of amides is 4. The number of nitrogens with zero attached hydrogens (tertiary/aromatic N) is 1. The molecule has 0 radical (unpaired) electrons. The standard InChI is InChI=1S/C21H24N4O4/c22-14-7-10-6-13(14)15(8-10)23-9-11-2-1-3-12-18(11)21(29)25(20(12)28)16-4-5-17(26)24-19(16)27/h1-3,10,13-16,23H,4-9,22H2,(H,24,26,27)/t10-,13+,14-,15+,16?/m1/s1. The first kappa shape index (κ1) is 18.4. The minimum Gasteiger partial charge on any atom is -0.327 e. The Hall–Kier alpha value is -2.58. The summed E-state index contributed by atoms with van der Waals surface area (Å²) in [5.74, 6) is -0.748. The van der Waals surface area contributed by atoms with Crippen LogP contribution in [0.3, 0.4) is 0 Å². The highest BCUT2D eigenvalue weighted by atomic mass is 16.2. The van der Waals surface area contributed by atoms with Gasteiger partial charge in [0.25, 0.3) is 11.8 Å². The van der Waals surface area contributed by atoms with Crippen molar-refractivity contribution < 1.29 is 19.2 Å². The normalized spacial score (nSPS) is 33.4. The summed E-state index contributed by atoms with van der Waals surface area (Å²) in [6, 6.07) is 4.86. The molecule has 2 heterocycles. The summed E-state index contributed by atoms with van der Waals surface area (Å²) in [6.45, 7) is 0.478. The van der Waals surface area contributed by atoms with Crippen molar-refractivity contribution in [2.75, 3.05) is 0 Å². The van der Waals surface area contributed by atoms with Gasteiger partial charge in [-0.25, -0.2) is 0 Å². The van der Waals surface area contributed by atoms with Crippen molar-refractivity contribution in [3.05, 3.63) is 34.9 Å². The lowest BCUT2D eigenvalue weighted by Gasteiger charge is -2.28. The van der Waals surface area contributed by atoms with E-state index in [1.807, 2.05) is 6.07 Å². The molecule has 2 bridgehead atoms. The Morgan fingerprint density at radius 1 is 1.10 bits per heavy atom. The number of hydrogen-bond donors (Lipinski definition) is 3. The Kier molecular flexibility index (Phi) is 4.29. The fraction of sp³-hybridized carbons (Fsp3) is 0.524. The van der Waals surface area contributed by atoms with Gasteiger partial charge < -0.3 is 11.1 Å². The van der Waals surface area contributed by atoms with E-state index in [1.165, 1.54) is 0 Å². The lowest BCUT2D eigenvalue weighted by molar-refractivity contribution is -0.136. The van der Waals surface area contributed by atoms with Crippen LogP contribution in [0.1, 0.15) is 58.4 Å². The van der Waals surface area contributed by atoms with Crippen LogP contribution in [-0.2, 0) is 16.1 Å². The molecule has 8 nitrogen and oxygen atoms in total. The second-order valence-corrected chi connectivity index (χ2v) is 8.68. The van der Waals surface area contributed by atoms with Gasteiger partial charge in [0.15, 0.2) is 0 Å². The molecule has 2 aliphatic heterocycles. The van der Waals surface area contributed by atoms with Gasteiger partial charge in [0.05, 0.1) is 11.1 Å². The van der Waals surface area contributed by atoms with E-state index in [9.17, 15) is 19.2 Å². The number of carbonyl (C=O) groups excluding carboxylic acids is 4. The van der Waals surface area contributed by atoms with Crippen molar-refractivity contribution in [3.8, 4) is 0 Å². The Bertz CT molecular complexity index is 929. The van der Waals surface area contributed by atoms with Crippen molar-refractivity contribution in [3.63, 3.8) is 0 Å². The molecule has 1 aromatic carbocycles. The molecule has 2 aliphatic carbocycles. The molecule has 152 valence electrons. The van der Waals surface area contributed by atoms with Gasteiger partial charge in [0.1, 0.15) is 6.04 Å². The number of carbonyl (C=O) groups is 4. The fourth-order valence-electron chi connectivity index (χ4n) is 5.61. The molecular weight excluding hydrogens is 372 g/mol. The van der Waals surface area contributed by atoms with E-state index in [-0.39, 0.29) is 24.8 Å². The van der Waals surface area contributed by atoms with Gasteiger partial charge in [-0.1, -0.05) is 12.1 Å². The third-order valence-electron chi connectivity index (χ3n) is 6.97. The Labute approximate surface area is 168 Å². The molecular formula is C21H24N4O4. The van der Waals surface area contributed by atoms with Crippen LogP contribution >= 0.6 is 0 Å². The molecule has 4 N–H and O–H groups in total. The molecule has 8 heteroatoms. The molecule has 3 fully saturated rings. The van der Waals surface area contributed by atoms with Crippen molar-refractivity contribution in [1.82, 2.24) is 15.5 Å². The lowest BCUT2D eigenvalue weighted by Crippen LogP contribution is -2.54. The summed E-state index contributed by atoms with van der Waals surface area (Å²) in [7, 11) is 0. The Morgan fingerprint density at radius 3 is 2.66 bits per heavy atom. The number of nitrogens with two attached hydrogens (primary N) is 1. The molecule has 1 aromatic rings. The van der Waals surface area contributed by atoms with E-state index in [4.69, 9.17) is 5.73 Å². The van der Waals surface area contributed by atoms with Crippen molar-refractivity contribution in [1.29, 1.82) is 0 Å². The third kappa shape index (κ3) is 2.89. The van der Waals surface area contributed by atoms with E-state index in [0.29, 0.717) is 35.5 Å². The molecule has 5 rings (SSSR count). The Morgan fingerprint density at radius 2 is 1.93 bits per heavy atom. The van der Waals surface area contributed by atoms with Gasteiger partial charge in [0.2, 0.25) is 11.8 Å². The van der Waals surface area contributed by atoms with E-state index in [0.717, 1.165) is 29.7 Å². The van der Waals surface area contributed by atoms with Crippen LogP contribution in [0.4, 0.5) is 0 Å². The summed E-state index contributed by atoms with van der Waals surface area (Å²) in [5, 5.41) is 5.77. The fourth-order valence-corrected chi connectivity index (χ4v) is 5.61. The minimum absolute atomic E-state index is 0.114. The maximum atomic E-state index is 13.1. The van der Waals surface area contributed by atoms with Crippen molar-refractivity contribution in [2.45, 2.75) is 56.8 Å². The summed E-state index contributed by atoms with van der Waals surface area (Å²) in [5.41, 5.74) is 7.67. The molecule has 1 unspecified atom stereocenters. The lowest BCUT2D eigenvalue weighted by atomic mass is 9.91. The average molecular weight is 396 g/mol. The van der Waals surface area contributed by atoms with Gasteiger partial charge in [-0.15, -0.1) is 0 Å². The highest BCUT2D eigenvalue weighted by Gasteiger charge is 2.46. The van der Waals surface area contributed by atoms with Gasteiger partial charge in [0, 0.05) is 25.0 Å². The third-order valence-corrected chi connectivity index (χ3v) is 6.97. The van der Waals surface area contributed by atoms with E-state index in [2.05, 4.69) is 10.6 Å². The van der Waals surface area contributed by atoms with Crippen molar-refractivity contribution >= 4 is 23.6 Å². The van der Waals surface area contributed by atoms with Gasteiger partial charge >= 0.3 is 0 Å². The quantitative estimate of drug-likeness (QED) is 0.630. The highest BCUT2D eigenvalue weighted by Crippen LogP contribution is 2.44. The van der Waals surface area contributed by atoms with E-state index < -0.39 is 23.8 Å². The first-order valence-corrected chi connectivity index (χ1v) is 10.3. The number of fused-ring (bicyclic) bond motifs is 3. The zero-order chi connectivity index (χ0) is 20.3. The minimum atomic E-state index is -0.940. The predicted molar refractivity (Wildman–Crippen MR) is 103 cm³/mol. The van der Waals surface area contributed by atoms with E-state index in [1.54, 1.807) is 12.1 Å². The average Bonchev–Trinajstić information content (AvgIpc) is 3.33. The van der Waals surface area contributed by atoms with E-state index >= 15 is 0 Å². The number of piperidine rings is 1. The van der Waals surface area contributed by atoms with Gasteiger partial charge in [-0.2, -0.15) is 0 Å². The number of imide groups is 2. The molecule has 4 aliphatic rings. The highest BCUT2D eigenvalue weighted by molar-refractivity contribution is 6.24. The predicted octanol–water partition coefficient (Wildman–Crippen LogP) is 0.303. The summed E-state index contributed by atoms with van der Waals surface area (Å²) in [4.78, 5) is 50.7. The number of hydrogen-bond acceptors (Lipinski definition) is 6. The summed E-state index contributed by atoms with van der Waals surface area (Å²) >= 11 is 0. The molecule has 1 saturated heterocycles.